The number of likely N-dealkylation sites (N-methyl/N-ethyl adjacent to an activating group) is 1. The fourth-order valence-corrected chi connectivity index (χ4v) is 4.10. The summed E-state index contributed by atoms with van der Waals surface area (Å²) in [5, 5.41) is 5.77. The van der Waals surface area contributed by atoms with Crippen LogP contribution in [0.4, 0.5) is 38.9 Å². The highest BCUT2D eigenvalue weighted by Gasteiger charge is 2.17. The normalized spacial score (nSPS) is 11.0. The van der Waals surface area contributed by atoms with E-state index in [1.54, 1.807) is 35.4 Å². The van der Waals surface area contributed by atoms with E-state index in [2.05, 4.69) is 20.6 Å². The van der Waals surface area contributed by atoms with Gasteiger partial charge in [0.05, 0.1) is 5.69 Å². The van der Waals surface area contributed by atoms with Crippen molar-refractivity contribution in [2.45, 2.75) is 6.42 Å². The molecule has 0 saturated carbocycles. The van der Waals surface area contributed by atoms with Crippen molar-refractivity contribution in [1.82, 2.24) is 19.9 Å². The Kier molecular flexibility index (Phi) is 10.3. The van der Waals surface area contributed by atoms with Gasteiger partial charge in [-0.3, -0.25) is 9.59 Å². The molecule has 0 bridgehead atoms. The standard InChI is InChI=1S/C31H33FN8O2/c1-38(2)18-9-15-28(42)35-24-10-7-13-26(20-24)39(3)30-23(16-19-40(22-41)25-11-5-4-6-12-25)21-34-31(37-30)36-27-14-8-17-33-29(27)32/h4-15,17,20-22H,16,18-19H2,1-3H3,(H,35,42)(H,34,36,37)/b15-9+. The number of aromatic nitrogens is 3. The van der Waals surface area contributed by atoms with Crippen molar-refractivity contribution < 1.29 is 14.0 Å². The second kappa shape index (κ2) is 14.5. The lowest BCUT2D eigenvalue weighted by molar-refractivity contribution is -0.112. The van der Waals surface area contributed by atoms with Crippen molar-refractivity contribution in [3.05, 3.63) is 103 Å². The molecule has 4 aromatic rings. The Hall–Kier alpha value is -5.16. The fourth-order valence-electron chi connectivity index (χ4n) is 4.10. The van der Waals surface area contributed by atoms with Gasteiger partial charge >= 0.3 is 0 Å². The Morgan fingerprint density at radius 3 is 2.50 bits per heavy atom. The molecule has 42 heavy (non-hydrogen) atoms. The molecule has 2 N–H and O–H groups in total. The molecule has 10 nitrogen and oxygen atoms in total. The first-order chi connectivity index (χ1) is 20.3. The summed E-state index contributed by atoms with van der Waals surface area (Å²) in [6.07, 6.45) is 7.54. The third-order valence-corrected chi connectivity index (χ3v) is 6.24. The Morgan fingerprint density at radius 2 is 1.76 bits per heavy atom. The topological polar surface area (TPSA) is 107 Å². The van der Waals surface area contributed by atoms with Gasteiger partial charge in [-0.1, -0.05) is 30.3 Å². The number of para-hydroxylation sites is 1. The maximum Gasteiger partial charge on any atom is 0.248 e. The second-order valence-electron chi connectivity index (χ2n) is 9.66. The molecule has 0 atom stereocenters. The van der Waals surface area contributed by atoms with E-state index in [0.717, 1.165) is 23.3 Å². The Bertz CT molecular complexity index is 1530. The van der Waals surface area contributed by atoms with Crippen LogP contribution in [0.15, 0.2) is 91.3 Å². The van der Waals surface area contributed by atoms with Crippen LogP contribution in [-0.4, -0.2) is 66.4 Å². The minimum atomic E-state index is -0.673. The summed E-state index contributed by atoms with van der Waals surface area (Å²) < 4.78 is 14.2. The van der Waals surface area contributed by atoms with Crippen LogP contribution < -0.4 is 20.4 Å². The average molecular weight is 569 g/mol. The number of hydrogen-bond acceptors (Lipinski definition) is 8. The maximum atomic E-state index is 14.2. The number of carbonyl (C=O) groups is 2. The van der Waals surface area contributed by atoms with E-state index in [1.807, 2.05) is 79.5 Å². The molecule has 0 spiro atoms. The van der Waals surface area contributed by atoms with Gasteiger partial charge in [0, 0.05) is 61.2 Å². The molecule has 2 aromatic heterocycles. The first kappa shape index (κ1) is 29.8. The van der Waals surface area contributed by atoms with Gasteiger partial charge in [-0.05, 0) is 63.0 Å². The van der Waals surface area contributed by atoms with Crippen LogP contribution in [0, 0.1) is 5.95 Å². The molecule has 0 radical (unpaired) electrons. The molecule has 2 heterocycles. The van der Waals surface area contributed by atoms with E-state index in [0.29, 0.717) is 31.0 Å². The number of nitrogens with zero attached hydrogens (tertiary/aromatic N) is 6. The van der Waals surface area contributed by atoms with Crippen molar-refractivity contribution >= 4 is 46.8 Å². The van der Waals surface area contributed by atoms with Crippen molar-refractivity contribution in [3.63, 3.8) is 0 Å². The zero-order valence-electron chi connectivity index (χ0n) is 23.7. The maximum absolute atomic E-state index is 14.2. The van der Waals surface area contributed by atoms with Crippen LogP contribution >= 0.6 is 0 Å². The molecule has 0 aliphatic rings. The van der Waals surface area contributed by atoms with Gasteiger partial charge < -0.3 is 25.3 Å². The third-order valence-electron chi connectivity index (χ3n) is 6.24. The third kappa shape index (κ3) is 8.18. The second-order valence-corrected chi connectivity index (χ2v) is 9.66. The molecule has 216 valence electrons. The van der Waals surface area contributed by atoms with E-state index in [9.17, 15) is 14.0 Å². The molecule has 0 aliphatic carbocycles. The van der Waals surface area contributed by atoms with E-state index >= 15 is 0 Å². The first-order valence-corrected chi connectivity index (χ1v) is 13.3. The minimum absolute atomic E-state index is 0.141. The van der Waals surface area contributed by atoms with Crippen LogP contribution in [0.3, 0.4) is 0 Å². The highest BCUT2D eigenvalue weighted by molar-refractivity contribution is 5.99. The highest BCUT2D eigenvalue weighted by Crippen LogP contribution is 2.29. The van der Waals surface area contributed by atoms with Gasteiger partial charge in [-0.25, -0.2) is 9.97 Å². The van der Waals surface area contributed by atoms with Crippen LogP contribution in [-0.2, 0) is 16.0 Å². The SMILES string of the molecule is CN(C)C/C=C/C(=O)Nc1cccc(N(C)c2nc(Nc3cccnc3F)ncc2CCN(C=O)c2ccccc2)c1. The summed E-state index contributed by atoms with van der Waals surface area (Å²) in [5.74, 6) is -0.185. The average Bonchev–Trinajstić information content (AvgIpc) is 2.99. The zero-order valence-corrected chi connectivity index (χ0v) is 23.7. The molecular weight excluding hydrogens is 535 g/mol. The number of carbonyl (C=O) groups excluding carboxylic acids is 2. The largest absolute Gasteiger partial charge is 0.329 e. The van der Waals surface area contributed by atoms with E-state index in [-0.39, 0.29) is 17.5 Å². The predicted molar refractivity (Wildman–Crippen MR) is 164 cm³/mol. The molecule has 2 aromatic carbocycles. The number of pyridine rings is 1. The first-order valence-electron chi connectivity index (χ1n) is 13.3. The van der Waals surface area contributed by atoms with Crippen molar-refractivity contribution in [2.75, 3.05) is 54.7 Å². The Labute approximate surface area is 244 Å². The van der Waals surface area contributed by atoms with E-state index in [4.69, 9.17) is 4.98 Å². The van der Waals surface area contributed by atoms with Gasteiger partial charge in [-0.2, -0.15) is 9.37 Å². The van der Waals surface area contributed by atoms with Gasteiger partial charge in [0.1, 0.15) is 5.82 Å². The van der Waals surface area contributed by atoms with Crippen LogP contribution in [0.25, 0.3) is 0 Å². The minimum Gasteiger partial charge on any atom is -0.329 e. The number of halogens is 1. The number of anilines is 6. The summed E-state index contributed by atoms with van der Waals surface area (Å²) in [5.41, 5.74) is 3.04. The molecular formula is C31H33FN8O2. The van der Waals surface area contributed by atoms with Gasteiger partial charge in [0.25, 0.3) is 0 Å². The van der Waals surface area contributed by atoms with Crippen LogP contribution in [0.5, 0.6) is 0 Å². The Balaban J connectivity index is 1.61. The molecule has 4 rings (SSSR count). The monoisotopic (exact) mass is 568 g/mol. The summed E-state index contributed by atoms with van der Waals surface area (Å²) >= 11 is 0. The van der Waals surface area contributed by atoms with E-state index < -0.39 is 5.95 Å². The molecule has 0 aliphatic heterocycles. The molecule has 2 amide bonds. The van der Waals surface area contributed by atoms with Gasteiger partial charge in [0.2, 0.25) is 24.2 Å². The lowest BCUT2D eigenvalue weighted by Crippen LogP contribution is -2.25. The molecule has 0 unspecified atom stereocenters. The number of nitrogens with one attached hydrogen (secondary N) is 2. The summed E-state index contributed by atoms with van der Waals surface area (Å²) in [6, 6.07) is 19.9. The summed E-state index contributed by atoms with van der Waals surface area (Å²) in [6.45, 7) is 1.04. The van der Waals surface area contributed by atoms with Gasteiger partial charge in [0.15, 0.2) is 0 Å². The number of rotatable bonds is 13. The molecule has 0 saturated heterocycles. The lowest BCUT2D eigenvalue weighted by Gasteiger charge is -2.24. The molecule has 0 fully saturated rings. The number of benzene rings is 2. The summed E-state index contributed by atoms with van der Waals surface area (Å²) in [4.78, 5) is 42.5. The number of amides is 2. The zero-order chi connectivity index (χ0) is 29.9. The fraction of sp³-hybridized carbons (Fsp3) is 0.194. The lowest BCUT2D eigenvalue weighted by atomic mass is 10.1. The highest BCUT2D eigenvalue weighted by atomic mass is 19.1. The van der Waals surface area contributed by atoms with Crippen molar-refractivity contribution in [1.29, 1.82) is 0 Å². The predicted octanol–water partition coefficient (Wildman–Crippen LogP) is 4.78. The van der Waals surface area contributed by atoms with Crippen molar-refractivity contribution in [3.8, 4) is 0 Å². The van der Waals surface area contributed by atoms with Gasteiger partial charge in [-0.15, -0.1) is 0 Å². The molecule has 11 heteroatoms. The van der Waals surface area contributed by atoms with Crippen LogP contribution in [0.1, 0.15) is 5.56 Å². The van der Waals surface area contributed by atoms with E-state index in [1.165, 1.54) is 12.3 Å². The summed E-state index contributed by atoms with van der Waals surface area (Å²) in [7, 11) is 5.69. The number of hydrogen-bond donors (Lipinski definition) is 2. The quantitative estimate of drug-likeness (QED) is 0.135. The van der Waals surface area contributed by atoms with Crippen LogP contribution in [0.2, 0.25) is 0 Å². The Morgan fingerprint density at radius 1 is 0.976 bits per heavy atom. The smallest absolute Gasteiger partial charge is 0.248 e. The van der Waals surface area contributed by atoms with Crippen molar-refractivity contribution in [2.24, 2.45) is 0 Å².